The molecule has 1 unspecified atom stereocenters. The highest BCUT2D eigenvalue weighted by molar-refractivity contribution is 14.1. The molecule has 0 saturated heterocycles. The van der Waals surface area contributed by atoms with E-state index in [1.54, 1.807) is 6.20 Å². The van der Waals surface area contributed by atoms with E-state index in [1.165, 1.54) is 9.13 Å². The van der Waals surface area contributed by atoms with Gasteiger partial charge < -0.3 is 10.3 Å². The van der Waals surface area contributed by atoms with Crippen LogP contribution >= 0.6 is 22.6 Å². The maximum atomic E-state index is 4.30. The van der Waals surface area contributed by atoms with E-state index in [0.717, 1.165) is 18.8 Å². The third kappa shape index (κ3) is 3.29. The second-order valence-electron chi connectivity index (χ2n) is 3.87. The van der Waals surface area contributed by atoms with E-state index in [1.807, 2.05) is 6.20 Å². The van der Waals surface area contributed by atoms with Crippen molar-refractivity contribution in [3.8, 4) is 0 Å². The lowest BCUT2D eigenvalue weighted by Gasteiger charge is -2.18. The molecule has 0 amide bonds. The Bertz CT molecular complexity index is 453. The Kier molecular flexibility index (Phi) is 4.56. The quantitative estimate of drug-likeness (QED) is 0.821. The molecule has 17 heavy (non-hydrogen) atoms. The fraction of sp³-hybridized carbons (Fsp3) is 0.308. The molecule has 1 atom stereocenters. The second kappa shape index (κ2) is 6.16. The first kappa shape index (κ1) is 12.6. The van der Waals surface area contributed by atoms with Crippen molar-refractivity contribution in [1.29, 1.82) is 0 Å². The van der Waals surface area contributed by atoms with Gasteiger partial charge in [0.1, 0.15) is 5.82 Å². The number of imidazole rings is 1. The number of aromatic nitrogens is 2. The van der Waals surface area contributed by atoms with E-state index >= 15 is 0 Å². The number of H-pyrrole nitrogens is 1. The molecular formula is C13H16IN3. The fourth-order valence-electron chi connectivity index (χ4n) is 1.90. The van der Waals surface area contributed by atoms with Crippen molar-refractivity contribution in [1.82, 2.24) is 15.3 Å². The number of benzene rings is 1. The van der Waals surface area contributed by atoms with E-state index < -0.39 is 0 Å². The smallest absolute Gasteiger partial charge is 0.107 e. The lowest BCUT2D eigenvalue weighted by Crippen LogP contribution is -2.24. The largest absolute Gasteiger partial charge is 0.349 e. The molecule has 0 aliphatic carbocycles. The summed E-state index contributed by atoms with van der Waals surface area (Å²) in [5, 5.41) is 3.51. The minimum atomic E-state index is 0.319. The highest BCUT2D eigenvalue weighted by Crippen LogP contribution is 2.22. The Balaban J connectivity index is 2.20. The minimum Gasteiger partial charge on any atom is -0.349 e. The van der Waals surface area contributed by atoms with E-state index in [4.69, 9.17) is 0 Å². The minimum absolute atomic E-state index is 0.319. The number of likely N-dealkylation sites (N-methyl/N-ethyl adjacent to an activating group) is 1. The predicted molar refractivity (Wildman–Crippen MR) is 77.9 cm³/mol. The highest BCUT2D eigenvalue weighted by atomic mass is 127. The molecule has 1 aromatic carbocycles. The fourth-order valence-corrected chi connectivity index (χ4v) is 2.66. The van der Waals surface area contributed by atoms with Crippen molar-refractivity contribution in [3.05, 3.63) is 51.6 Å². The van der Waals surface area contributed by atoms with Crippen LogP contribution in [0, 0.1) is 3.57 Å². The highest BCUT2D eigenvalue weighted by Gasteiger charge is 2.14. The van der Waals surface area contributed by atoms with Crippen LogP contribution in [0.1, 0.15) is 24.4 Å². The molecule has 0 bridgehead atoms. The standard InChI is InChI=1S/C13H16IN3/c1-2-15-12(9-13-16-7-8-17-13)10-5-3-4-6-11(10)14/h3-8,12,15H,2,9H2,1H3,(H,16,17). The van der Waals surface area contributed by atoms with Crippen LogP contribution in [0.25, 0.3) is 0 Å². The van der Waals surface area contributed by atoms with Crippen molar-refractivity contribution < 1.29 is 0 Å². The molecule has 3 nitrogen and oxygen atoms in total. The van der Waals surface area contributed by atoms with Gasteiger partial charge in [-0.1, -0.05) is 25.1 Å². The summed E-state index contributed by atoms with van der Waals surface area (Å²) in [4.78, 5) is 7.46. The van der Waals surface area contributed by atoms with E-state index in [-0.39, 0.29) is 0 Å². The van der Waals surface area contributed by atoms with Crippen LogP contribution in [0.4, 0.5) is 0 Å². The summed E-state index contributed by atoms with van der Waals surface area (Å²) in [6, 6.07) is 8.80. The van der Waals surface area contributed by atoms with Crippen LogP contribution in [0.5, 0.6) is 0 Å². The first-order chi connectivity index (χ1) is 8.31. The molecule has 2 aromatic rings. The van der Waals surface area contributed by atoms with Gasteiger partial charge in [-0.25, -0.2) is 4.98 Å². The Morgan fingerprint density at radius 2 is 2.24 bits per heavy atom. The summed E-state index contributed by atoms with van der Waals surface area (Å²) in [7, 11) is 0. The molecule has 4 heteroatoms. The monoisotopic (exact) mass is 341 g/mol. The summed E-state index contributed by atoms with van der Waals surface area (Å²) >= 11 is 2.39. The van der Waals surface area contributed by atoms with Gasteiger partial charge in [0.2, 0.25) is 0 Å². The maximum Gasteiger partial charge on any atom is 0.107 e. The van der Waals surface area contributed by atoms with Crippen molar-refractivity contribution in [3.63, 3.8) is 0 Å². The lowest BCUT2D eigenvalue weighted by atomic mass is 10.0. The van der Waals surface area contributed by atoms with Gasteiger partial charge in [-0.2, -0.15) is 0 Å². The third-order valence-corrected chi connectivity index (χ3v) is 3.67. The summed E-state index contributed by atoms with van der Waals surface area (Å²) in [5.41, 5.74) is 1.34. The van der Waals surface area contributed by atoms with Crippen LogP contribution < -0.4 is 5.32 Å². The molecule has 0 fully saturated rings. The third-order valence-electron chi connectivity index (χ3n) is 2.68. The summed E-state index contributed by atoms with van der Waals surface area (Å²) in [6.07, 6.45) is 4.56. The van der Waals surface area contributed by atoms with Gasteiger partial charge in [-0.15, -0.1) is 0 Å². The normalized spacial score (nSPS) is 12.6. The summed E-state index contributed by atoms with van der Waals surface area (Å²) in [5.74, 6) is 1.02. The van der Waals surface area contributed by atoms with Gasteiger partial charge >= 0.3 is 0 Å². The van der Waals surface area contributed by atoms with Crippen LogP contribution in [0.3, 0.4) is 0 Å². The van der Waals surface area contributed by atoms with Crippen LogP contribution in [0.15, 0.2) is 36.7 Å². The number of halogens is 1. The Morgan fingerprint density at radius 1 is 1.41 bits per heavy atom. The van der Waals surface area contributed by atoms with Crippen LogP contribution in [0.2, 0.25) is 0 Å². The van der Waals surface area contributed by atoms with Crippen LogP contribution in [-0.2, 0) is 6.42 Å². The van der Waals surface area contributed by atoms with E-state index in [9.17, 15) is 0 Å². The van der Waals surface area contributed by atoms with Gasteiger partial charge in [0.15, 0.2) is 0 Å². The van der Waals surface area contributed by atoms with Gasteiger partial charge in [0.25, 0.3) is 0 Å². The van der Waals surface area contributed by atoms with E-state index in [2.05, 4.69) is 69.1 Å². The molecule has 2 N–H and O–H groups in total. The molecular weight excluding hydrogens is 325 g/mol. The van der Waals surface area contributed by atoms with Gasteiger partial charge in [0, 0.05) is 28.4 Å². The maximum absolute atomic E-state index is 4.30. The van der Waals surface area contributed by atoms with Crippen molar-refractivity contribution in [2.75, 3.05) is 6.54 Å². The SMILES string of the molecule is CCNC(Cc1ncc[nH]1)c1ccccc1I. The molecule has 1 heterocycles. The van der Waals surface area contributed by atoms with Crippen molar-refractivity contribution in [2.24, 2.45) is 0 Å². The number of nitrogens with one attached hydrogen (secondary N) is 2. The van der Waals surface area contributed by atoms with Gasteiger partial charge in [-0.3, -0.25) is 0 Å². The van der Waals surface area contributed by atoms with E-state index in [0.29, 0.717) is 6.04 Å². The topological polar surface area (TPSA) is 40.7 Å². The average Bonchev–Trinajstić information content (AvgIpc) is 2.82. The summed E-state index contributed by atoms with van der Waals surface area (Å²) < 4.78 is 1.29. The zero-order valence-electron chi connectivity index (χ0n) is 9.78. The molecule has 0 saturated carbocycles. The predicted octanol–water partition coefficient (Wildman–Crippen LogP) is 2.91. The Labute approximate surface area is 115 Å². The zero-order valence-corrected chi connectivity index (χ0v) is 11.9. The van der Waals surface area contributed by atoms with Crippen LogP contribution in [-0.4, -0.2) is 16.5 Å². The molecule has 0 aliphatic heterocycles. The first-order valence-corrected chi connectivity index (χ1v) is 6.85. The Hall–Kier alpha value is -0.880. The zero-order chi connectivity index (χ0) is 12.1. The number of hydrogen-bond acceptors (Lipinski definition) is 2. The Morgan fingerprint density at radius 3 is 2.88 bits per heavy atom. The first-order valence-electron chi connectivity index (χ1n) is 5.77. The summed E-state index contributed by atoms with van der Waals surface area (Å²) in [6.45, 7) is 3.08. The lowest BCUT2D eigenvalue weighted by molar-refractivity contribution is 0.537. The van der Waals surface area contributed by atoms with Crippen molar-refractivity contribution in [2.45, 2.75) is 19.4 Å². The molecule has 2 rings (SSSR count). The average molecular weight is 341 g/mol. The second-order valence-corrected chi connectivity index (χ2v) is 5.03. The number of rotatable bonds is 5. The number of hydrogen-bond donors (Lipinski definition) is 2. The molecule has 90 valence electrons. The molecule has 0 aliphatic rings. The van der Waals surface area contributed by atoms with Crippen molar-refractivity contribution >= 4 is 22.6 Å². The number of nitrogens with zero attached hydrogens (tertiary/aromatic N) is 1. The molecule has 1 aromatic heterocycles. The molecule has 0 spiro atoms. The number of aromatic amines is 1. The van der Waals surface area contributed by atoms with Gasteiger partial charge in [0.05, 0.1) is 0 Å². The van der Waals surface area contributed by atoms with Gasteiger partial charge in [-0.05, 0) is 40.8 Å². The molecule has 0 radical (unpaired) electrons.